The minimum Gasteiger partial charge on any atom is -0.447 e. The first kappa shape index (κ1) is 21.0. The molecule has 0 aliphatic carbocycles. The molecule has 0 aromatic carbocycles. The summed E-state index contributed by atoms with van der Waals surface area (Å²) in [5, 5.41) is 19.8. The molecule has 0 unspecified atom stereocenters. The number of pyridine rings is 1. The number of hydrazine groups is 1. The number of rotatable bonds is 9. The first-order chi connectivity index (χ1) is 12.0. The van der Waals surface area contributed by atoms with Crippen molar-refractivity contribution in [2.24, 2.45) is 5.92 Å². The molecule has 1 rings (SSSR count). The number of ether oxygens (including phenoxy) is 1. The number of hydrogen-bond donors (Lipinski definition) is 3. The van der Waals surface area contributed by atoms with E-state index in [9.17, 15) is 19.7 Å². The predicted molar refractivity (Wildman–Crippen MR) is 92.7 cm³/mol. The number of carbonyl (C=O) groups excluding carboxylic acids is 2. The van der Waals surface area contributed by atoms with Crippen LogP contribution in [0.25, 0.3) is 0 Å². The average Bonchev–Trinajstić information content (AvgIpc) is 2.59. The van der Waals surface area contributed by atoms with E-state index < -0.39 is 22.8 Å². The summed E-state index contributed by atoms with van der Waals surface area (Å²) in [6.45, 7) is 1.54. The molecule has 0 spiro atoms. The molecule has 0 bridgehead atoms. The van der Waals surface area contributed by atoms with Crippen LogP contribution in [0.15, 0.2) is 23.4 Å². The number of aromatic nitrogens is 1. The Hall–Kier alpha value is -2.05. The van der Waals surface area contributed by atoms with Gasteiger partial charge in [0.2, 0.25) is 5.91 Å². The van der Waals surface area contributed by atoms with E-state index in [0.717, 1.165) is 10.8 Å². The summed E-state index contributed by atoms with van der Waals surface area (Å²) in [4.78, 5) is 37.1. The number of nitrogens with one attached hydrogen (secondary N) is 2. The van der Waals surface area contributed by atoms with Crippen molar-refractivity contribution in [2.45, 2.75) is 18.4 Å². The maximum Gasteiger partial charge on any atom is 0.426 e. The van der Waals surface area contributed by atoms with Crippen molar-refractivity contribution in [1.29, 1.82) is 0 Å². The third kappa shape index (κ3) is 8.05. The standard InChI is InChI=1S/C13H18N4O6S2/c1-9(4-6-18)11(19)15-16-13(20)23-7-8-24-25-12-10(17(21)22)3-2-5-14-12/h2-3,5,9,18H,4,6-8H2,1H3,(H,15,19)(H,16,20)/t9-/m0/s1. The molecule has 12 heteroatoms. The molecule has 138 valence electrons. The number of amides is 2. The van der Waals surface area contributed by atoms with Crippen LogP contribution >= 0.6 is 21.6 Å². The molecule has 25 heavy (non-hydrogen) atoms. The van der Waals surface area contributed by atoms with E-state index in [-0.39, 0.29) is 30.3 Å². The van der Waals surface area contributed by atoms with Crippen molar-refractivity contribution in [3.8, 4) is 0 Å². The monoisotopic (exact) mass is 390 g/mol. The number of aliphatic hydroxyl groups excluding tert-OH is 1. The van der Waals surface area contributed by atoms with Crippen LogP contribution in [0.3, 0.4) is 0 Å². The average molecular weight is 390 g/mol. The van der Waals surface area contributed by atoms with Crippen LogP contribution in [0.2, 0.25) is 0 Å². The molecule has 0 radical (unpaired) electrons. The van der Waals surface area contributed by atoms with Crippen molar-refractivity contribution in [3.63, 3.8) is 0 Å². The Morgan fingerprint density at radius 2 is 2.24 bits per heavy atom. The van der Waals surface area contributed by atoms with Gasteiger partial charge >= 0.3 is 11.8 Å². The second-order valence-corrected chi connectivity index (χ2v) is 7.06. The van der Waals surface area contributed by atoms with E-state index >= 15 is 0 Å². The zero-order valence-corrected chi connectivity index (χ0v) is 15.0. The lowest BCUT2D eigenvalue weighted by atomic mass is 10.1. The quantitative estimate of drug-likeness (QED) is 0.247. The third-order valence-corrected chi connectivity index (χ3v) is 5.03. The highest BCUT2D eigenvalue weighted by atomic mass is 33.1. The van der Waals surface area contributed by atoms with Crippen LogP contribution < -0.4 is 10.9 Å². The van der Waals surface area contributed by atoms with Gasteiger partial charge in [-0.2, -0.15) is 0 Å². The lowest BCUT2D eigenvalue weighted by Gasteiger charge is -2.11. The summed E-state index contributed by atoms with van der Waals surface area (Å²) < 4.78 is 4.85. The lowest BCUT2D eigenvalue weighted by Crippen LogP contribution is -2.44. The van der Waals surface area contributed by atoms with Gasteiger partial charge in [-0.1, -0.05) is 17.7 Å². The molecule has 0 aliphatic heterocycles. The molecule has 3 N–H and O–H groups in total. The highest BCUT2D eigenvalue weighted by Crippen LogP contribution is 2.34. The maximum absolute atomic E-state index is 11.5. The zero-order chi connectivity index (χ0) is 18.7. The minimum atomic E-state index is -0.820. The Kier molecular flexibility index (Phi) is 9.65. The fourth-order valence-corrected chi connectivity index (χ4v) is 3.30. The number of hydrogen-bond acceptors (Lipinski definition) is 9. The van der Waals surface area contributed by atoms with Gasteiger partial charge in [0.15, 0.2) is 5.03 Å². The van der Waals surface area contributed by atoms with Gasteiger partial charge in [-0.15, -0.1) is 0 Å². The number of aliphatic hydroxyl groups is 1. The van der Waals surface area contributed by atoms with E-state index in [1.165, 1.54) is 29.1 Å². The lowest BCUT2D eigenvalue weighted by molar-refractivity contribution is -0.388. The fraction of sp³-hybridized carbons (Fsp3) is 0.462. The van der Waals surface area contributed by atoms with Gasteiger partial charge in [-0.25, -0.2) is 15.2 Å². The van der Waals surface area contributed by atoms with Crippen LogP contribution in [0.4, 0.5) is 10.5 Å². The van der Waals surface area contributed by atoms with Gasteiger partial charge in [-0.3, -0.25) is 20.3 Å². The smallest absolute Gasteiger partial charge is 0.426 e. The Balaban J connectivity index is 2.20. The summed E-state index contributed by atoms with van der Waals surface area (Å²) in [5.41, 5.74) is 4.19. The molecular weight excluding hydrogens is 372 g/mol. The predicted octanol–water partition coefficient (Wildman–Crippen LogP) is 1.51. The summed E-state index contributed by atoms with van der Waals surface area (Å²) in [6, 6.07) is 2.84. The maximum atomic E-state index is 11.5. The van der Waals surface area contributed by atoms with Crippen molar-refractivity contribution in [2.75, 3.05) is 19.0 Å². The van der Waals surface area contributed by atoms with E-state index in [0.29, 0.717) is 5.75 Å². The van der Waals surface area contributed by atoms with Crippen molar-refractivity contribution < 1.29 is 24.4 Å². The van der Waals surface area contributed by atoms with E-state index in [1.807, 2.05) is 0 Å². The number of carbonyl (C=O) groups is 2. The largest absolute Gasteiger partial charge is 0.447 e. The topological polar surface area (TPSA) is 144 Å². The minimum absolute atomic E-state index is 0.0478. The fourth-order valence-electron chi connectivity index (χ4n) is 1.45. The normalized spacial score (nSPS) is 11.4. The second kappa shape index (κ2) is 11.5. The Bertz CT molecular complexity index is 604. The first-order valence-corrected chi connectivity index (χ1v) is 9.50. The molecule has 1 atom stereocenters. The molecule has 0 aliphatic rings. The molecule has 1 aromatic rings. The molecule has 0 saturated heterocycles. The highest BCUT2D eigenvalue weighted by Gasteiger charge is 2.15. The summed E-state index contributed by atoms with van der Waals surface area (Å²) in [6.07, 6.45) is 0.926. The molecular formula is C13H18N4O6S2. The SMILES string of the molecule is C[C@@H](CCO)C(=O)NNC(=O)OCCSSc1ncccc1[N+](=O)[O-]. The number of nitro groups is 1. The van der Waals surface area contributed by atoms with Gasteiger partial charge in [0.1, 0.15) is 6.61 Å². The Morgan fingerprint density at radius 1 is 1.48 bits per heavy atom. The Morgan fingerprint density at radius 3 is 2.92 bits per heavy atom. The van der Waals surface area contributed by atoms with Crippen LogP contribution in [-0.4, -0.2) is 46.0 Å². The van der Waals surface area contributed by atoms with Crippen LogP contribution in [-0.2, 0) is 9.53 Å². The summed E-state index contributed by atoms with van der Waals surface area (Å²) >= 11 is 0. The van der Waals surface area contributed by atoms with Crippen molar-refractivity contribution in [1.82, 2.24) is 15.8 Å². The second-order valence-electron chi connectivity index (χ2n) is 4.65. The van der Waals surface area contributed by atoms with Gasteiger partial charge in [0.25, 0.3) is 0 Å². The highest BCUT2D eigenvalue weighted by molar-refractivity contribution is 8.76. The Labute approximate surface area is 151 Å². The molecule has 0 saturated carbocycles. The summed E-state index contributed by atoms with van der Waals surface area (Å²) in [7, 11) is 2.36. The first-order valence-electron chi connectivity index (χ1n) is 7.18. The van der Waals surface area contributed by atoms with E-state index in [4.69, 9.17) is 9.84 Å². The molecule has 2 amide bonds. The van der Waals surface area contributed by atoms with Crippen molar-refractivity contribution >= 4 is 39.3 Å². The molecule has 1 heterocycles. The number of nitrogens with zero attached hydrogens (tertiary/aromatic N) is 2. The van der Waals surface area contributed by atoms with E-state index in [2.05, 4.69) is 15.8 Å². The van der Waals surface area contributed by atoms with E-state index in [1.54, 1.807) is 6.92 Å². The van der Waals surface area contributed by atoms with Gasteiger partial charge in [0.05, 0.1) is 4.92 Å². The third-order valence-electron chi connectivity index (χ3n) is 2.78. The zero-order valence-electron chi connectivity index (χ0n) is 13.3. The molecule has 10 nitrogen and oxygen atoms in total. The van der Waals surface area contributed by atoms with Gasteiger partial charge < -0.3 is 9.84 Å². The van der Waals surface area contributed by atoms with Crippen LogP contribution in [0.1, 0.15) is 13.3 Å². The summed E-state index contributed by atoms with van der Waals surface area (Å²) in [5.74, 6) is -0.495. The van der Waals surface area contributed by atoms with Gasteiger partial charge in [-0.05, 0) is 23.3 Å². The van der Waals surface area contributed by atoms with Gasteiger partial charge in [0, 0.05) is 30.5 Å². The molecule has 1 aromatic heterocycles. The van der Waals surface area contributed by atoms with Crippen LogP contribution in [0, 0.1) is 16.0 Å². The molecule has 0 fully saturated rings. The van der Waals surface area contributed by atoms with Crippen LogP contribution in [0.5, 0.6) is 0 Å². The van der Waals surface area contributed by atoms with Crippen molar-refractivity contribution in [3.05, 3.63) is 28.4 Å².